The Bertz CT molecular complexity index is 702. The minimum absolute atomic E-state index is 0.180. The van der Waals surface area contributed by atoms with E-state index in [1.807, 2.05) is 29.8 Å². The van der Waals surface area contributed by atoms with Gasteiger partial charge in [-0.15, -0.1) is 0 Å². The Balaban J connectivity index is 1.51. The third-order valence-electron chi connectivity index (χ3n) is 5.26. The maximum absolute atomic E-state index is 12.0. The lowest BCUT2D eigenvalue weighted by atomic mass is 10.0. The Hall–Kier alpha value is -2.17. The van der Waals surface area contributed by atoms with Gasteiger partial charge in [0.05, 0.1) is 5.69 Å². The summed E-state index contributed by atoms with van der Waals surface area (Å²) in [6.07, 6.45) is 9.57. The molecule has 1 aliphatic rings. The summed E-state index contributed by atoms with van der Waals surface area (Å²) in [5, 5.41) is 7.68. The van der Waals surface area contributed by atoms with Crippen molar-refractivity contribution >= 4 is 5.91 Å². The molecule has 0 unspecified atom stereocenters. The second kappa shape index (κ2) is 8.28. The first-order chi connectivity index (χ1) is 12.1. The first-order valence-electron chi connectivity index (χ1n) is 9.38. The van der Waals surface area contributed by atoms with Gasteiger partial charge in [-0.2, -0.15) is 5.10 Å². The summed E-state index contributed by atoms with van der Waals surface area (Å²) >= 11 is 0. The van der Waals surface area contributed by atoms with Crippen molar-refractivity contribution in [3.05, 3.63) is 41.3 Å². The maximum atomic E-state index is 12.0. The van der Waals surface area contributed by atoms with E-state index in [0.717, 1.165) is 36.0 Å². The predicted molar refractivity (Wildman–Crippen MR) is 98.7 cm³/mol. The molecule has 3 rings (SSSR count). The molecule has 134 valence electrons. The molecule has 2 aromatic rings. The van der Waals surface area contributed by atoms with Gasteiger partial charge in [0.1, 0.15) is 0 Å². The first kappa shape index (κ1) is 17.6. The fourth-order valence-electron chi connectivity index (χ4n) is 3.79. The highest BCUT2D eigenvalue weighted by molar-refractivity contribution is 5.75. The highest BCUT2D eigenvalue weighted by Gasteiger charge is 2.16. The Kier molecular flexibility index (Phi) is 5.84. The Morgan fingerprint density at radius 2 is 2.08 bits per heavy atom. The van der Waals surface area contributed by atoms with Gasteiger partial charge in [-0.05, 0) is 50.3 Å². The normalized spacial score (nSPS) is 14.8. The van der Waals surface area contributed by atoms with Crippen molar-refractivity contribution in [2.45, 2.75) is 58.8 Å². The average Bonchev–Trinajstić information content (AvgIpc) is 3.24. The van der Waals surface area contributed by atoms with Crippen LogP contribution in [0.3, 0.4) is 0 Å². The van der Waals surface area contributed by atoms with E-state index in [0.29, 0.717) is 13.0 Å². The molecule has 0 spiro atoms. The van der Waals surface area contributed by atoms with Gasteiger partial charge in [-0.3, -0.25) is 4.79 Å². The molecule has 1 aliphatic carbocycles. The first-order valence-corrected chi connectivity index (χ1v) is 9.38. The van der Waals surface area contributed by atoms with E-state index in [1.165, 1.54) is 31.2 Å². The molecule has 0 radical (unpaired) electrons. The number of carbonyl (C=O) groups is 1. The van der Waals surface area contributed by atoms with Gasteiger partial charge in [-0.1, -0.05) is 31.7 Å². The van der Waals surface area contributed by atoms with Crippen LogP contribution >= 0.6 is 0 Å². The molecule has 1 fully saturated rings. The Morgan fingerprint density at radius 3 is 2.80 bits per heavy atom. The number of nitrogens with zero attached hydrogens (tertiary/aromatic N) is 3. The fourth-order valence-corrected chi connectivity index (χ4v) is 3.79. The zero-order chi connectivity index (χ0) is 17.6. The van der Waals surface area contributed by atoms with Gasteiger partial charge < -0.3 is 5.32 Å². The van der Waals surface area contributed by atoms with Crippen molar-refractivity contribution in [1.82, 2.24) is 20.1 Å². The topological polar surface area (TPSA) is 59.8 Å². The van der Waals surface area contributed by atoms with Crippen LogP contribution in [0.1, 0.15) is 55.5 Å². The molecule has 0 bridgehead atoms. The number of pyridine rings is 1. The van der Waals surface area contributed by atoms with Crippen molar-refractivity contribution in [1.29, 1.82) is 0 Å². The third kappa shape index (κ3) is 4.47. The molecular weight excluding hydrogens is 312 g/mol. The lowest BCUT2D eigenvalue weighted by molar-refractivity contribution is -0.121. The molecule has 1 saturated carbocycles. The number of hydrogen-bond donors (Lipinski definition) is 1. The molecule has 2 aromatic heterocycles. The third-order valence-corrected chi connectivity index (χ3v) is 5.26. The van der Waals surface area contributed by atoms with E-state index in [4.69, 9.17) is 0 Å². The Morgan fingerprint density at radius 1 is 1.28 bits per heavy atom. The van der Waals surface area contributed by atoms with E-state index < -0.39 is 0 Å². The van der Waals surface area contributed by atoms with Crippen LogP contribution in [0.2, 0.25) is 0 Å². The minimum Gasteiger partial charge on any atom is -0.356 e. The van der Waals surface area contributed by atoms with Crippen molar-refractivity contribution in [2.75, 3.05) is 6.54 Å². The van der Waals surface area contributed by atoms with Gasteiger partial charge in [-0.25, -0.2) is 9.67 Å². The number of aryl methyl sites for hydroxylation is 1. The molecular formula is C20H28N4O. The summed E-state index contributed by atoms with van der Waals surface area (Å²) in [5.41, 5.74) is 3.29. The van der Waals surface area contributed by atoms with Crippen LogP contribution in [0, 0.1) is 19.8 Å². The van der Waals surface area contributed by atoms with Gasteiger partial charge in [0.25, 0.3) is 0 Å². The predicted octanol–water partition coefficient (Wildman–Crippen LogP) is 3.51. The Labute approximate surface area is 149 Å². The van der Waals surface area contributed by atoms with Gasteiger partial charge in [0.2, 0.25) is 5.91 Å². The van der Waals surface area contributed by atoms with Crippen LogP contribution in [-0.4, -0.2) is 27.2 Å². The number of hydrogen-bond acceptors (Lipinski definition) is 3. The summed E-state index contributed by atoms with van der Waals surface area (Å²) in [5.74, 6) is 1.78. The fraction of sp³-hybridized carbons (Fsp3) is 0.550. The van der Waals surface area contributed by atoms with Gasteiger partial charge >= 0.3 is 0 Å². The molecule has 2 heterocycles. The van der Waals surface area contributed by atoms with Crippen molar-refractivity contribution in [3.8, 4) is 5.82 Å². The van der Waals surface area contributed by atoms with Crippen molar-refractivity contribution < 1.29 is 4.79 Å². The average molecular weight is 340 g/mol. The van der Waals surface area contributed by atoms with E-state index >= 15 is 0 Å². The monoisotopic (exact) mass is 340 g/mol. The van der Waals surface area contributed by atoms with Crippen LogP contribution in [0.4, 0.5) is 0 Å². The second-order valence-corrected chi connectivity index (χ2v) is 7.04. The molecule has 0 saturated heterocycles. The highest BCUT2D eigenvalue weighted by atomic mass is 16.1. The lowest BCUT2D eigenvalue weighted by Gasteiger charge is -2.09. The molecule has 1 N–H and O–H groups in total. The zero-order valence-corrected chi connectivity index (χ0v) is 15.3. The molecule has 5 nitrogen and oxygen atoms in total. The van der Waals surface area contributed by atoms with Crippen LogP contribution < -0.4 is 5.32 Å². The largest absolute Gasteiger partial charge is 0.356 e. The molecule has 1 amide bonds. The molecule has 25 heavy (non-hydrogen) atoms. The summed E-state index contributed by atoms with van der Waals surface area (Å²) in [6.45, 7) is 4.74. The van der Waals surface area contributed by atoms with Crippen LogP contribution in [-0.2, 0) is 11.2 Å². The number of carbonyl (C=O) groups excluding carboxylic acids is 1. The van der Waals surface area contributed by atoms with E-state index in [-0.39, 0.29) is 5.91 Å². The highest BCUT2D eigenvalue weighted by Crippen LogP contribution is 2.28. The van der Waals surface area contributed by atoms with E-state index in [2.05, 4.69) is 22.3 Å². The lowest BCUT2D eigenvalue weighted by Crippen LogP contribution is -2.26. The van der Waals surface area contributed by atoms with Gasteiger partial charge in [0, 0.05) is 24.9 Å². The summed E-state index contributed by atoms with van der Waals surface area (Å²) in [4.78, 5) is 16.4. The quantitative estimate of drug-likeness (QED) is 0.839. The minimum atomic E-state index is 0.180. The number of nitrogens with one attached hydrogen (secondary N) is 1. The van der Waals surface area contributed by atoms with Crippen molar-refractivity contribution in [3.63, 3.8) is 0 Å². The summed E-state index contributed by atoms with van der Waals surface area (Å²) in [6, 6.07) is 5.81. The van der Waals surface area contributed by atoms with Crippen LogP contribution in [0.5, 0.6) is 0 Å². The SMILES string of the molecule is Cc1nn(-c2ccccn2)c(C)c1CCNC(=O)CCC1CCCC1. The molecule has 0 aromatic carbocycles. The molecule has 5 heteroatoms. The van der Waals surface area contributed by atoms with Crippen LogP contribution in [0.25, 0.3) is 5.82 Å². The van der Waals surface area contributed by atoms with E-state index in [9.17, 15) is 4.79 Å². The zero-order valence-electron chi connectivity index (χ0n) is 15.3. The van der Waals surface area contributed by atoms with Crippen LogP contribution in [0.15, 0.2) is 24.4 Å². The number of rotatable bonds is 7. The molecule has 0 aliphatic heterocycles. The number of amides is 1. The van der Waals surface area contributed by atoms with Gasteiger partial charge in [0.15, 0.2) is 5.82 Å². The second-order valence-electron chi connectivity index (χ2n) is 7.04. The summed E-state index contributed by atoms with van der Waals surface area (Å²) in [7, 11) is 0. The summed E-state index contributed by atoms with van der Waals surface area (Å²) < 4.78 is 1.88. The van der Waals surface area contributed by atoms with E-state index in [1.54, 1.807) is 6.20 Å². The maximum Gasteiger partial charge on any atom is 0.220 e. The number of aromatic nitrogens is 3. The molecule has 0 atom stereocenters. The smallest absolute Gasteiger partial charge is 0.220 e. The van der Waals surface area contributed by atoms with Crippen molar-refractivity contribution in [2.24, 2.45) is 5.92 Å². The standard InChI is InChI=1S/C20H28N4O/c1-15-18(16(2)24(23-15)19-9-5-6-13-21-19)12-14-22-20(25)11-10-17-7-3-4-8-17/h5-6,9,13,17H,3-4,7-8,10-12,14H2,1-2H3,(H,22,25).